The van der Waals surface area contributed by atoms with Crippen LogP contribution in [0.2, 0.25) is 5.02 Å². The summed E-state index contributed by atoms with van der Waals surface area (Å²) < 4.78 is 5.39. The molecule has 0 aliphatic carbocycles. The van der Waals surface area contributed by atoms with Crippen molar-refractivity contribution in [1.29, 1.82) is 5.26 Å². The first-order chi connectivity index (χ1) is 7.99. The second kappa shape index (κ2) is 5.93. The van der Waals surface area contributed by atoms with E-state index in [0.717, 1.165) is 16.9 Å². The number of benzene rings is 1. The topological polar surface area (TPSA) is 33.0 Å². The van der Waals surface area contributed by atoms with Gasteiger partial charge < -0.3 is 4.74 Å². The molecule has 1 rings (SSSR count). The Balaban J connectivity index is 3.09. The van der Waals surface area contributed by atoms with E-state index in [-0.39, 0.29) is 5.92 Å². The third-order valence-electron chi connectivity index (χ3n) is 2.93. The summed E-state index contributed by atoms with van der Waals surface area (Å²) in [6.07, 6.45) is 0.679. The minimum absolute atomic E-state index is 0.0123. The molecule has 0 amide bonds. The van der Waals surface area contributed by atoms with Crippen LogP contribution < -0.4 is 4.74 Å². The van der Waals surface area contributed by atoms with E-state index in [9.17, 15) is 0 Å². The number of ether oxygens (including phenoxy) is 1. The fourth-order valence-corrected chi connectivity index (χ4v) is 2.21. The quantitative estimate of drug-likeness (QED) is 0.811. The van der Waals surface area contributed by atoms with Crippen molar-refractivity contribution in [1.82, 2.24) is 0 Å². The summed E-state index contributed by atoms with van der Waals surface area (Å²) in [5.41, 5.74) is 2.02. The lowest BCUT2D eigenvalue weighted by Crippen LogP contribution is -2.10. The molecule has 0 bridgehead atoms. The van der Waals surface area contributed by atoms with Gasteiger partial charge in [0.15, 0.2) is 0 Å². The molecule has 1 atom stereocenters. The molecule has 1 aromatic rings. The molecule has 0 fully saturated rings. The number of hydrogen-bond donors (Lipinski definition) is 0. The number of nitriles is 1. The van der Waals surface area contributed by atoms with Gasteiger partial charge in [-0.3, -0.25) is 0 Å². The maximum Gasteiger partial charge on any atom is 0.125 e. The Morgan fingerprint density at radius 2 is 2.06 bits per heavy atom. The maximum absolute atomic E-state index is 9.14. The Labute approximate surface area is 108 Å². The average molecular weight is 252 g/mol. The Hall–Kier alpha value is -1.20. The number of rotatable bonds is 4. The molecule has 1 aromatic carbocycles. The Kier molecular flexibility index (Phi) is 4.84. The van der Waals surface area contributed by atoms with Crippen molar-refractivity contribution in [2.45, 2.75) is 27.2 Å². The Bertz CT molecular complexity index is 435. The number of nitrogens with zero attached hydrogens (tertiary/aromatic N) is 1. The summed E-state index contributed by atoms with van der Waals surface area (Å²) in [5, 5.41) is 9.83. The van der Waals surface area contributed by atoms with Crippen molar-refractivity contribution in [2.24, 2.45) is 11.8 Å². The molecular weight excluding hydrogens is 234 g/mol. The van der Waals surface area contributed by atoms with Gasteiger partial charge >= 0.3 is 0 Å². The molecule has 0 spiro atoms. The van der Waals surface area contributed by atoms with Crippen molar-refractivity contribution >= 4 is 11.6 Å². The third kappa shape index (κ3) is 3.38. The zero-order chi connectivity index (χ0) is 13.0. The van der Waals surface area contributed by atoms with Gasteiger partial charge in [0.05, 0.1) is 19.1 Å². The van der Waals surface area contributed by atoms with Crippen LogP contribution in [-0.2, 0) is 6.42 Å². The van der Waals surface area contributed by atoms with Crippen molar-refractivity contribution < 1.29 is 4.74 Å². The van der Waals surface area contributed by atoms with Gasteiger partial charge in [-0.25, -0.2) is 0 Å². The monoisotopic (exact) mass is 251 g/mol. The summed E-state index contributed by atoms with van der Waals surface area (Å²) in [5.74, 6) is 1.15. The molecular formula is C14H18ClNO. The first-order valence-electron chi connectivity index (χ1n) is 5.72. The number of aryl methyl sites for hydroxylation is 1. The van der Waals surface area contributed by atoms with E-state index in [4.69, 9.17) is 21.6 Å². The standard InChI is InChI=1S/C14H18ClNO/c1-9(2)12(8-16)6-11-7-13(15)5-10(3)14(11)17-4/h5,7,9,12H,6H2,1-4H3. The summed E-state index contributed by atoms with van der Waals surface area (Å²) in [7, 11) is 1.65. The van der Waals surface area contributed by atoms with E-state index in [1.54, 1.807) is 7.11 Å². The first kappa shape index (κ1) is 13.9. The summed E-state index contributed by atoms with van der Waals surface area (Å²) in [6.45, 7) is 6.07. The number of halogens is 1. The minimum Gasteiger partial charge on any atom is -0.496 e. The highest BCUT2D eigenvalue weighted by molar-refractivity contribution is 6.30. The molecule has 0 aliphatic rings. The molecule has 17 heavy (non-hydrogen) atoms. The average Bonchev–Trinajstić information content (AvgIpc) is 2.24. The molecule has 1 unspecified atom stereocenters. The molecule has 0 saturated carbocycles. The molecule has 0 aromatic heterocycles. The lowest BCUT2D eigenvalue weighted by molar-refractivity contribution is 0.398. The minimum atomic E-state index is -0.0123. The molecule has 0 N–H and O–H groups in total. The smallest absolute Gasteiger partial charge is 0.125 e. The molecule has 0 radical (unpaired) electrons. The van der Waals surface area contributed by atoms with Crippen LogP contribution in [0.15, 0.2) is 12.1 Å². The van der Waals surface area contributed by atoms with E-state index < -0.39 is 0 Å². The SMILES string of the molecule is COc1c(C)cc(Cl)cc1CC(C#N)C(C)C. The van der Waals surface area contributed by atoms with Crippen LogP contribution in [0.25, 0.3) is 0 Å². The van der Waals surface area contributed by atoms with Gasteiger partial charge in [-0.2, -0.15) is 5.26 Å². The van der Waals surface area contributed by atoms with Gasteiger partial charge in [0.2, 0.25) is 0 Å². The van der Waals surface area contributed by atoms with Gasteiger partial charge in [-0.1, -0.05) is 25.4 Å². The molecule has 0 heterocycles. The highest BCUT2D eigenvalue weighted by Gasteiger charge is 2.17. The van der Waals surface area contributed by atoms with Gasteiger partial charge in [0.25, 0.3) is 0 Å². The van der Waals surface area contributed by atoms with Crippen molar-refractivity contribution in [2.75, 3.05) is 7.11 Å². The number of methoxy groups -OCH3 is 1. The molecule has 92 valence electrons. The normalized spacial score (nSPS) is 12.3. The van der Waals surface area contributed by atoms with Crippen LogP contribution in [0, 0.1) is 30.1 Å². The lowest BCUT2D eigenvalue weighted by atomic mass is 9.89. The summed E-state index contributed by atoms with van der Waals surface area (Å²) >= 11 is 6.05. The summed E-state index contributed by atoms with van der Waals surface area (Å²) in [6, 6.07) is 6.11. The molecule has 0 aliphatic heterocycles. The predicted octanol–water partition coefficient (Wildman–Crippen LogP) is 4.00. The fraction of sp³-hybridized carbons (Fsp3) is 0.500. The highest BCUT2D eigenvalue weighted by Crippen LogP contribution is 2.30. The van der Waals surface area contributed by atoms with Crippen LogP contribution in [0.1, 0.15) is 25.0 Å². The van der Waals surface area contributed by atoms with E-state index >= 15 is 0 Å². The van der Waals surface area contributed by atoms with E-state index in [2.05, 4.69) is 19.9 Å². The largest absolute Gasteiger partial charge is 0.496 e. The van der Waals surface area contributed by atoms with Crippen LogP contribution >= 0.6 is 11.6 Å². The second-order valence-electron chi connectivity index (χ2n) is 4.60. The predicted molar refractivity (Wildman–Crippen MR) is 70.4 cm³/mol. The van der Waals surface area contributed by atoms with Gasteiger partial charge in [0, 0.05) is 5.02 Å². The van der Waals surface area contributed by atoms with Crippen LogP contribution in [0.4, 0.5) is 0 Å². The Morgan fingerprint density at radius 3 is 2.53 bits per heavy atom. The Morgan fingerprint density at radius 1 is 1.41 bits per heavy atom. The first-order valence-corrected chi connectivity index (χ1v) is 6.10. The van der Waals surface area contributed by atoms with Crippen LogP contribution in [-0.4, -0.2) is 7.11 Å². The van der Waals surface area contributed by atoms with Crippen molar-refractivity contribution in [3.8, 4) is 11.8 Å². The summed E-state index contributed by atoms with van der Waals surface area (Å²) in [4.78, 5) is 0. The fourth-order valence-electron chi connectivity index (χ4n) is 1.91. The van der Waals surface area contributed by atoms with Crippen LogP contribution in [0.3, 0.4) is 0 Å². The number of hydrogen-bond acceptors (Lipinski definition) is 2. The zero-order valence-corrected chi connectivity index (χ0v) is 11.5. The maximum atomic E-state index is 9.14. The third-order valence-corrected chi connectivity index (χ3v) is 3.15. The van der Waals surface area contributed by atoms with Gasteiger partial charge in [-0.15, -0.1) is 0 Å². The second-order valence-corrected chi connectivity index (χ2v) is 5.04. The van der Waals surface area contributed by atoms with E-state index in [1.807, 2.05) is 19.1 Å². The molecule has 3 heteroatoms. The van der Waals surface area contributed by atoms with E-state index in [1.165, 1.54) is 0 Å². The van der Waals surface area contributed by atoms with Crippen molar-refractivity contribution in [3.05, 3.63) is 28.3 Å². The lowest BCUT2D eigenvalue weighted by Gasteiger charge is -2.17. The van der Waals surface area contributed by atoms with Crippen molar-refractivity contribution in [3.63, 3.8) is 0 Å². The zero-order valence-electron chi connectivity index (χ0n) is 10.7. The highest BCUT2D eigenvalue weighted by atomic mass is 35.5. The molecule has 0 saturated heterocycles. The molecule has 2 nitrogen and oxygen atoms in total. The van der Waals surface area contributed by atoms with Gasteiger partial charge in [-0.05, 0) is 42.5 Å². The van der Waals surface area contributed by atoms with Gasteiger partial charge in [0.1, 0.15) is 5.75 Å². The van der Waals surface area contributed by atoms with Crippen LogP contribution in [0.5, 0.6) is 5.75 Å². The van der Waals surface area contributed by atoms with E-state index in [0.29, 0.717) is 17.4 Å².